The van der Waals surface area contributed by atoms with Crippen LogP contribution in [0.15, 0.2) is 29.2 Å². The van der Waals surface area contributed by atoms with Crippen LogP contribution < -0.4 is 15.8 Å². The van der Waals surface area contributed by atoms with Gasteiger partial charge in [0.1, 0.15) is 0 Å². The minimum absolute atomic E-state index is 0.269. The third-order valence-electron chi connectivity index (χ3n) is 2.72. The Morgan fingerprint density at radius 2 is 1.89 bits per heavy atom. The fourth-order valence-electron chi connectivity index (χ4n) is 1.66. The Morgan fingerprint density at radius 1 is 1.26 bits per heavy atom. The van der Waals surface area contributed by atoms with Crippen molar-refractivity contribution in [3.8, 4) is 0 Å². The number of nitrogens with two attached hydrogens (primary N) is 1. The van der Waals surface area contributed by atoms with Gasteiger partial charge in [-0.3, -0.25) is 0 Å². The molecule has 0 aliphatic carbocycles. The summed E-state index contributed by atoms with van der Waals surface area (Å²) in [5.41, 5.74) is 6.38. The van der Waals surface area contributed by atoms with E-state index in [0.29, 0.717) is 13.1 Å². The van der Waals surface area contributed by atoms with Crippen molar-refractivity contribution in [2.24, 2.45) is 5.73 Å². The van der Waals surface area contributed by atoms with Gasteiger partial charge in [-0.25, -0.2) is 13.1 Å². The van der Waals surface area contributed by atoms with E-state index >= 15 is 0 Å². The molecule has 1 rings (SSSR count). The topological polar surface area (TPSA) is 84.2 Å². The summed E-state index contributed by atoms with van der Waals surface area (Å²) in [6.07, 6.45) is 1.65. The SMILES string of the molecule is CCCNS(=O)(=O)c1ccc(NC(C)CCN)cc1. The van der Waals surface area contributed by atoms with Crippen LogP contribution in [-0.2, 0) is 10.0 Å². The van der Waals surface area contributed by atoms with Crippen molar-refractivity contribution in [3.05, 3.63) is 24.3 Å². The molecule has 6 heteroatoms. The van der Waals surface area contributed by atoms with Gasteiger partial charge in [0.2, 0.25) is 10.0 Å². The quantitative estimate of drug-likeness (QED) is 0.676. The van der Waals surface area contributed by atoms with Gasteiger partial charge in [0.25, 0.3) is 0 Å². The first kappa shape index (κ1) is 15.9. The minimum atomic E-state index is -3.38. The van der Waals surface area contributed by atoms with E-state index < -0.39 is 10.0 Å². The first-order chi connectivity index (χ1) is 8.99. The lowest BCUT2D eigenvalue weighted by Crippen LogP contribution is -2.24. The van der Waals surface area contributed by atoms with E-state index in [9.17, 15) is 8.42 Å². The molecule has 0 spiro atoms. The fraction of sp³-hybridized carbons (Fsp3) is 0.538. The maximum atomic E-state index is 11.9. The highest BCUT2D eigenvalue weighted by atomic mass is 32.2. The van der Waals surface area contributed by atoms with Gasteiger partial charge in [-0.05, 0) is 50.6 Å². The van der Waals surface area contributed by atoms with E-state index in [-0.39, 0.29) is 10.9 Å². The largest absolute Gasteiger partial charge is 0.383 e. The van der Waals surface area contributed by atoms with Gasteiger partial charge in [0.05, 0.1) is 4.90 Å². The van der Waals surface area contributed by atoms with E-state index in [1.165, 1.54) is 0 Å². The molecule has 1 unspecified atom stereocenters. The lowest BCUT2D eigenvalue weighted by atomic mass is 10.2. The average molecular weight is 285 g/mol. The van der Waals surface area contributed by atoms with Crippen molar-refractivity contribution in [2.45, 2.75) is 37.6 Å². The van der Waals surface area contributed by atoms with Crippen LogP contribution >= 0.6 is 0 Å². The molecule has 0 saturated heterocycles. The molecule has 5 nitrogen and oxygen atoms in total. The second-order valence-electron chi connectivity index (χ2n) is 4.54. The van der Waals surface area contributed by atoms with E-state index in [1.54, 1.807) is 24.3 Å². The predicted molar refractivity (Wildman–Crippen MR) is 78.7 cm³/mol. The Hall–Kier alpha value is -1.11. The summed E-state index contributed by atoms with van der Waals surface area (Å²) in [5.74, 6) is 0. The van der Waals surface area contributed by atoms with Crippen LogP contribution in [0.5, 0.6) is 0 Å². The molecular formula is C13H23N3O2S. The highest BCUT2D eigenvalue weighted by Gasteiger charge is 2.12. The van der Waals surface area contributed by atoms with Gasteiger partial charge in [0, 0.05) is 18.3 Å². The zero-order chi connectivity index (χ0) is 14.3. The summed E-state index contributed by atoms with van der Waals surface area (Å²) in [6, 6.07) is 7.03. The molecule has 0 heterocycles. The molecule has 0 aliphatic rings. The molecule has 108 valence electrons. The zero-order valence-corrected chi connectivity index (χ0v) is 12.3. The van der Waals surface area contributed by atoms with Gasteiger partial charge in [-0.2, -0.15) is 0 Å². The van der Waals surface area contributed by atoms with Crippen LogP contribution in [0.4, 0.5) is 5.69 Å². The normalized spacial score (nSPS) is 13.2. The number of sulfonamides is 1. The highest BCUT2D eigenvalue weighted by molar-refractivity contribution is 7.89. The van der Waals surface area contributed by atoms with Crippen molar-refractivity contribution in [2.75, 3.05) is 18.4 Å². The number of rotatable bonds is 8. The molecular weight excluding hydrogens is 262 g/mol. The van der Waals surface area contributed by atoms with Gasteiger partial charge in [-0.1, -0.05) is 6.92 Å². The molecule has 0 amide bonds. The summed E-state index contributed by atoms with van der Waals surface area (Å²) < 4.78 is 26.3. The second kappa shape index (κ2) is 7.47. The number of nitrogens with one attached hydrogen (secondary N) is 2. The van der Waals surface area contributed by atoms with Crippen molar-refractivity contribution in [3.63, 3.8) is 0 Å². The Kier molecular flexibility index (Phi) is 6.27. The van der Waals surface area contributed by atoms with Crippen molar-refractivity contribution in [1.29, 1.82) is 0 Å². The van der Waals surface area contributed by atoms with Crippen molar-refractivity contribution >= 4 is 15.7 Å². The summed E-state index contributed by atoms with van der Waals surface area (Å²) in [6.45, 7) is 5.05. The molecule has 0 saturated carbocycles. The zero-order valence-electron chi connectivity index (χ0n) is 11.5. The lowest BCUT2D eigenvalue weighted by Gasteiger charge is -2.14. The summed E-state index contributed by atoms with van der Waals surface area (Å²) in [4.78, 5) is 0.290. The van der Waals surface area contributed by atoms with Gasteiger partial charge in [-0.15, -0.1) is 0 Å². The molecule has 4 N–H and O–H groups in total. The third-order valence-corrected chi connectivity index (χ3v) is 4.20. The van der Waals surface area contributed by atoms with E-state index in [1.807, 2.05) is 13.8 Å². The molecule has 1 aromatic rings. The number of anilines is 1. The summed E-state index contributed by atoms with van der Waals surface area (Å²) >= 11 is 0. The van der Waals surface area contributed by atoms with E-state index in [0.717, 1.165) is 18.5 Å². The summed E-state index contributed by atoms with van der Waals surface area (Å²) in [5, 5.41) is 3.27. The van der Waals surface area contributed by atoms with Gasteiger partial charge < -0.3 is 11.1 Å². The number of hydrogen-bond donors (Lipinski definition) is 3. The Morgan fingerprint density at radius 3 is 2.42 bits per heavy atom. The van der Waals surface area contributed by atoms with Crippen molar-refractivity contribution < 1.29 is 8.42 Å². The van der Waals surface area contributed by atoms with Gasteiger partial charge >= 0.3 is 0 Å². The summed E-state index contributed by atoms with van der Waals surface area (Å²) in [7, 11) is -3.38. The molecule has 0 aliphatic heterocycles. The van der Waals surface area contributed by atoms with E-state index in [4.69, 9.17) is 5.73 Å². The molecule has 1 aromatic carbocycles. The average Bonchev–Trinajstić information content (AvgIpc) is 2.37. The van der Waals surface area contributed by atoms with Crippen LogP contribution in [0.3, 0.4) is 0 Å². The van der Waals surface area contributed by atoms with E-state index in [2.05, 4.69) is 10.0 Å². The first-order valence-corrected chi connectivity index (χ1v) is 8.04. The third kappa shape index (κ3) is 5.18. The van der Waals surface area contributed by atoms with Gasteiger partial charge in [0.15, 0.2) is 0 Å². The first-order valence-electron chi connectivity index (χ1n) is 6.56. The maximum absolute atomic E-state index is 11.9. The molecule has 19 heavy (non-hydrogen) atoms. The maximum Gasteiger partial charge on any atom is 0.240 e. The Labute approximate surface area is 115 Å². The predicted octanol–water partition coefficient (Wildman–Crippen LogP) is 1.52. The molecule has 1 atom stereocenters. The molecule has 0 radical (unpaired) electrons. The van der Waals surface area contributed by atoms with Crippen LogP contribution in [-0.4, -0.2) is 27.5 Å². The minimum Gasteiger partial charge on any atom is -0.383 e. The van der Waals surface area contributed by atoms with Crippen LogP contribution in [0.2, 0.25) is 0 Å². The standard InChI is InChI=1S/C13H23N3O2S/c1-3-10-15-19(17,18)13-6-4-12(5-7-13)16-11(2)8-9-14/h4-7,11,15-16H,3,8-10,14H2,1-2H3. The monoisotopic (exact) mass is 285 g/mol. The molecule has 0 fully saturated rings. The number of hydrogen-bond acceptors (Lipinski definition) is 4. The van der Waals surface area contributed by atoms with Crippen LogP contribution in [0, 0.1) is 0 Å². The smallest absolute Gasteiger partial charge is 0.240 e. The highest BCUT2D eigenvalue weighted by Crippen LogP contribution is 2.15. The van der Waals surface area contributed by atoms with Crippen LogP contribution in [0.25, 0.3) is 0 Å². The van der Waals surface area contributed by atoms with Crippen LogP contribution in [0.1, 0.15) is 26.7 Å². The number of benzene rings is 1. The second-order valence-corrected chi connectivity index (χ2v) is 6.31. The fourth-order valence-corrected chi connectivity index (χ4v) is 2.79. The molecule has 0 bridgehead atoms. The molecule has 0 aromatic heterocycles. The Bertz CT molecular complexity index is 471. The lowest BCUT2D eigenvalue weighted by molar-refractivity contribution is 0.581. The van der Waals surface area contributed by atoms with Crippen molar-refractivity contribution in [1.82, 2.24) is 4.72 Å². The Balaban J connectivity index is 2.71.